The third kappa shape index (κ3) is 4.95. The van der Waals surface area contributed by atoms with E-state index < -0.39 is 0 Å². The molecule has 0 unspecified atom stereocenters. The maximum Gasteiger partial charge on any atom is 0.247 e. The molecule has 0 fully saturated rings. The van der Waals surface area contributed by atoms with Crippen molar-refractivity contribution in [3.63, 3.8) is 0 Å². The van der Waals surface area contributed by atoms with Gasteiger partial charge in [-0.2, -0.15) is 0 Å². The molecule has 0 saturated heterocycles. The Hall–Kier alpha value is -3.12. The average Bonchev–Trinajstić information content (AvgIpc) is 3.17. The van der Waals surface area contributed by atoms with E-state index in [2.05, 4.69) is 15.5 Å². The fourth-order valence-electron chi connectivity index (χ4n) is 2.37. The molecule has 7 heteroatoms. The first-order valence-electron chi connectivity index (χ1n) is 8.24. The largest absolute Gasteiger partial charge is 0.497 e. The number of benzene rings is 2. The number of amides is 1. The molecule has 138 valence electrons. The van der Waals surface area contributed by atoms with Crippen molar-refractivity contribution < 1.29 is 13.9 Å². The molecule has 0 spiro atoms. The van der Waals surface area contributed by atoms with Gasteiger partial charge in [0.2, 0.25) is 17.7 Å². The molecule has 0 aliphatic carbocycles. The van der Waals surface area contributed by atoms with Gasteiger partial charge in [-0.1, -0.05) is 29.8 Å². The van der Waals surface area contributed by atoms with E-state index in [1.165, 1.54) is 0 Å². The summed E-state index contributed by atoms with van der Waals surface area (Å²) in [5, 5.41) is 11.4. The summed E-state index contributed by atoms with van der Waals surface area (Å²) in [5.41, 5.74) is 2.20. The smallest absolute Gasteiger partial charge is 0.247 e. The highest BCUT2D eigenvalue weighted by molar-refractivity contribution is 6.30. The van der Waals surface area contributed by atoms with Crippen LogP contribution in [0, 0.1) is 0 Å². The van der Waals surface area contributed by atoms with Gasteiger partial charge in [0.1, 0.15) is 5.75 Å². The van der Waals surface area contributed by atoms with Crippen LogP contribution >= 0.6 is 11.6 Å². The second-order valence-electron chi connectivity index (χ2n) is 5.79. The second-order valence-corrected chi connectivity index (χ2v) is 6.23. The van der Waals surface area contributed by atoms with E-state index in [-0.39, 0.29) is 12.5 Å². The monoisotopic (exact) mass is 383 g/mol. The van der Waals surface area contributed by atoms with Crippen molar-refractivity contribution in [2.24, 2.45) is 0 Å². The molecular weight excluding hydrogens is 366 g/mol. The molecule has 1 heterocycles. The number of carbonyl (C=O) groups is 1. The highest BCUT2D eigenvalue weighted by atomic mass is 35.5. The van der Waals surface area contributed by atoms with Crippen molar-refractivity contribution in [2.75, 3.05) is 7.11 Å². The third-order valence-electron chi connectivity index (χ3n) is 3.80. The minimum atomic E-state index is -0.217. The van der Waals surface area contributed by atoms with Gasteiger partial charge in [-0.3, -0.25) is 4.79 Å². The van der Waals surface area contributed by atoms with Gasteiger partial charge in [0.05, 0.1) is 13.7 Å². The summed E-state index contributed by atoms with van der Waals surface area (Å²) >= 11 is 5.86. The number of halogens is 1. The predicted molar refractivity (Wildman–Crippen MR) is 103 cm³/mol. The molecule has 0 saturated carbocycles. The topological polar surface area (TPSA) is 77.3 Å². The summed E-state index contributed by atoms with van der Waals surface area (Å²) in [4.78, 5) is 12.2. The zero-order valence-electron chi connectivity index (χ0n) is 14.9. The summed E-state index contributed by atoms with van der Waals surface area (Å²) < 4.78 is 10.8. The van der Waals surface area contributed by atoms with Crippen LogP contribution < -0.4 is 10.1 Å². The molecule has 0 aliphatic heterocycles. The Balaban J connectivity index is 1.62. The molecule has 1 aromatic heterocycles. The number of rotatable bonds is 6. The highest BCUT2D eigenvalue weighted by Gasteiger charge is 2.11. The molecule has 0 bridgehead atoms. The minimum absolute atomic E-state index is 0.140. The van der Waals surface area contributed by atoms with E-state index in [1.807, 2.05) is 30.3 Å². The van der Waals surface area contributed by atoms with E-state index >= 15 is 0 Å². The van der Waals surface area contributed by atoms with Crippen LogP contribution in [-0.2, 0) is 11.3 Å². The van der Waals surface area contributed by atoms with Gasteiger partial charge in [0.15, 0.2) is 0 Å². The third-order valence-corrected chi connectivity index (χ3v) is 4.05. The van der Waals surface area contributed by atoms with E-state index in [9.17, 15) is 4.79 Å². The quantitative estimate of drug-likeness (QED) is 0.648. The minimum Gasteiger partial charge on any atom is -0.497 e. The molecule has 27 heavy (non-hydrogen) atoms. The maximum atomic E-state index is 12.2. The van der Waals surface area contributed by atoms with Crippen molar-refractivity contribution in [3.8, 4) is 17.2 Å². The summed E-state index contributed by atoms with van der Waals surface area (Å²) in [6.45, 7) is 1.88. The fourth-order valence-corrected chi connectivity index (χ4v) is 2.49. The highest BCUT2D eigenvalue weighted by Crippen LogP contribution is 2.22. The number of methoxy groups -OCH3 is 1. The molecule has 1 amide bonds. The lowest BCUT2D eigenvalue weighted by atomic mass is 10.1. The van der Waals surface area contributed by atoms with E-state index in [0.717, 1.165) is 11.1 Å². The zero-order valence-corrected chi connectivity index (χ0v) is 15.7. The number of carbonyl (C=O) groups excluding carboxylic acids is 1. The molecule has 6 nitrogen and oxygen atoms in total. The average molecular weight is 384 g/mol. The van der Waals surface area contributed by atoms with Gasteiger partial charge in [-0.25, -0.2) is 0 Å². The summed E-state index contributed by atoms with van der Waals surface area (Å²) in [6, 6.07) is 14.6. The van der Waals surface area contributed by atoms with Crippen LogP contribution in [0.15, 0.2) is 58.5 Å². The van der Waals surface area contributed by atoms with Gasteiger partial charge in [0.25, 0.3) is 0 Å². The van der Waals surface area contributed by atoms with E-state index in [1.54, 1.807) is 38.3 Å². The van der Waals surface area contributed by atoms with Crippen molar-refractivity contribution in [3.05, 3.63) is 70.6 Å². The van der Waals surface area contributed by atoms with Crippen LogP contribution in [0.4, 0.5) is 0 Å². The first-order chi connectivity index (χ1) is 13.0. The van der Waals surface area contributed by atoms with Gasteiger partial charge in [-0.05, 0) is 48.9 Å². The van der Waals surface area contributed by atoms with Crippen LogP contribution in [0.2, 0.25) is 5.02 Å². The molecule has 0 aliphatic rings. The Morgan fingerprint density at radius 1 is 1.22 bits per heavy atom. The Morgan fingerprint density at radius 2 is 2.00 bits per heavy atom. The predicted octanol–water partition coefficient (Wildman–Crippen LogP) is 4.12. The molecule has 3 aromatic rings. The SMILES string of the molecule is COc1cccc(-c2nnc(CNC(=O)/C(C)=C/c3ccc(Cl)cc3)o2)c1. The molecule has 0 radical (unpaired) electrons. The lowest BCUT2D eigenvalue weighted by Gasteiger charge is -2.03. The number of nitrogens with zero attached hydrogens (tertiary/aromatic N) is 2. The Bertz CT molecular complexity index is 965. The van der Waals surface area contributed by atoms with Crippen molar-refractivity contribution in [1.29, 1.82) is 0 Å². The van der Waals surface area contributed by atoms with Gasteiger partial charge in [0, 0.05) is 16.2 Å². The number of aromatic nitrogens is 2. The molecule has 0 atom stereocenters. The molecule has 1 N–H and O–H groups in total. The maximum absolute atomic E-state index is 12.2. The van der Waals surface area contributed by atoms with Crippen molar-refractivity contribution in [1.82, 2.24) is 15.5 Å². The molecular formula is C20H18ClN3O3. The molecule has 3 rings (SSSR count). The number of ether oxygens (including phenoxy) is 1. The fraction of sp³-hybridized carbons (Fsp3) is 0.150. The van der Waals surface area contributed by atoms with Crippen LogP contribution in [-0.4, -0.2) is 23.2 Å². The Labute approximate surface area is 161 Å². The van der Waals surface area contributed by atoms with Gasteiger partial charge < -0.3 is 14.5 Å². The first-order valence-corrected chi connectivity index (χ1v) is 8.62. The lowest BCUT2D eigenvalue weighted by molar-refractivity contribution is -0.117. The van der Waals surface area contributed by atoms with Crippen LogP contribution in [0.25, 0.3) is 17.5 Å². The summed E-state index contributed by atoms with van der Waals surface area (Å²) in [5.74, 6) is 1.17. The second kappa shape index (κ2) is 8.51. The Morgan fingerprint density at radius 3 is 2.74 bits per heavy atom. The number of hydrogen-bond donors (Lipinski definition) is 1. The van der Waals surface area contributed by atoms with E-state index in [0.29, 0.717) is 28.1 Å². The lowest BCUT2D eigenvalue weighted by Crippen LogP contribution is -2.23. The normalized spacial score (nSPS) is 11.3. The summed E-state index contributed by atoms with van der Waals surface area (Å²) in [7, 11) is 1.59. The van der Waals surface area contributed by atoms with Crippen LogP contribution in [0.3, 0.4) is 0 Å². The Kier molecular flexibility index (Phi) is 5.88. The van der Waals surface area contributed by atoms with Gasteiger partial charge in [-0.15, -0.1) is 10.2 Å². The van der Waals surface area contributed by atoms with Crippen LogP contribution in [0.1, 0.15) is 18.4 Å². The zero-order chi connectivity index (χ0) is 19.2. The molecule has 2 aromatic carbocycles. The van der Waals surface area contributed by atoms with Crippen molar-refractivity contribution >= 4 is 23.6 Å². The van der Waals surface area contributed by atoms with Crippen molar-refractivity contribution in [2.45, 2.75) is 13.5 Å². The number of nitrogens with one attached hydrogen (secondary N) is 1. The first kappa shape index (κ1) is 18.7. The standard InChI is InChI=1S/C20H18ClN3O3/c1-13(10-14-6-8-16(21)9-7-14)19(25)22-12-18-23-24-20(27-18)15-4-3-5-17(11-15)26-2/h3-11H,12H2,1-2H3,(H,22,25)/b13-10+. The van der Waals surface area contributed by atoms with Gasteiger partial charge >= 0.3 is 0 Å². The number of hydrogen-bond acceptors (Lipinski definition) is 5. The summed E-state index contributed by atoms with van der Waals surface area (Å²) in [6.07, 6.45) is 1.78. The van der Waals surface area contributed by atoms with E-state index in [4.69, 9.17) is 20.8 Å². The van der Waals surface area contributed by atoms with Crippen LogP contribution in [0.5, 0.6) is 5.75 Å².